The minimum absolute atomic E-state index is 0.321. The molecule has 0 radical (unpaired) electrons. The van der Waals surface area contributed by atoms with E-state index in [4.69, 9.17) is 10.5 Å². The fourth-order valence-electron chi connectivity index (χ4n) is 3.24. The summed E-state index contributed by atoms with van der Waals surface area (Å²) in [6, 6.07) is 1.15. The second-order valence-corrected chi connectivity index (χ2v) is 5.61. The molecule has 106 valence electrons. The first-order chi connectivity index (χ1) is 9.07. The van der Waals surface area contributed by atoms with Crippen molar-refractivity contribution in [1.29, 1.82) is 0 Å². The molecule has 3 unspecified atom stereocenters. The Labute approximate surface area is 114 Å². The van der Waals surface area contributed by atoms with Crippen LogP contribution in [0.5, 0.6) is 0 Å². The summed E-state index contributed by atoms with van der Waals surface area (Å²) in [5, 5.41) is 0. The summed E-state index contributed by atoms with van der Waals surface area (Å²) >= 11 is 0. The van der Waals surface area contributed by atoms with Gasteiger partial charge in [-0.15, -0.1) is 0 Å². The predicted molar refractivity (Wildman–Crippen MR) is 73.1 cm³/mol. The molecule has 0 saturated heterocycles. The fourth-order valence-corrected chi connectivity index (χ4v) is 3.24. The van der Waals surface area contributed by atoms with Crippen LogP contribution in [0, 0.1) is 11.7 Å². The molecule has 0 amide bonds. The first-order valence-electron chi connectivity index (χ1n) is 7.07. The van der Waals surface area contributed by atoms with Gasteiger partial charge in [0.05, 0.1) is 17.8 Å². The van der Waals surface area contributed by atoms with Crippen LogP contribution in [0.15, 0.2) is 18.5 Å². The maximum atomic E-state index is 13.3. The molecule has 2 rings (SSSR count). The molecule has 1 saturated carbocycles. The summed E-state index contributed by atoms with van der Waals surface area (Å²) < 4.78 is 19.3. The monoisotopic (exact) mass is 266 g/mol. The molecule has 1 aliphatic rings. The average Bonchev–Trinajstić information content (AvgIpc) is 2.38. The summed E-state index contributed by atoms with van der Waals surface area (Å²) in [6.45, 7) is 4.84. The smallest absolute Gasteiger partial charge is 0.141 e. The minimum atomic E-state index is -0.373. The average molecular weight is 266 g/mol. The quantitative estimate of drug-likeness (QED) is 0.910. The molecule has 1 fully saturated rings. The van der Waals surface area contributed by atoms with Gasteiger partial charge in [-0.25, -0.2) is 4.39 Å². The van der Waals surface area contributed by atoms with Crippen LogP contribution in [0.3, 0.4) is 0 Å². The van der Waals surface area contributed by atoms with Gasteiger partial charge in [0, 0.05) is 12.8 Å². The zero-order chi connectivity index (χ0) is 13.9. The zero-order valence-corrected chi connectivity index (χ0v) is 11.7. The normalized spacial score (nSPS) is 29.2. The van der Waals surface area contributed by atoms with E-state index in [1.165, 1.54) is 18.7 Å². The van der Waals surface area contributed by atoms with E-state index >= 15 is 0 Å². The summed E-state index contributed by atoms with van der Waals surface area (Å²) in [5.74, 6) is 0.247. The zero-order valence-electron chi connectivity index (χ0n) is 11.7. The molecular weight excluding hydrogens is 243 g/mol. The maximum absolute atomic E-state index is 13.3. The van der Waals surface area contributed by atoms with Gasteiger partial charge >= 0.3 is 0 Å². The molecule has 0 spiro atoms. The number of rotatable bonds is 4. The number of nitrogens with two attached hydrogens (primary N) is 1. The van der Waals surface area contributed by atoms with Gasteiger partial charge in [0.15, 0.2) is 0 Å². The van der Waals surface area contributed by atoms with Crippen molar-refractivity contribution < 1.29 is 9.13 Å². The number of nitrogens with zero attached hydrogens (tertiary/aromatic N) is 1. The molecule has 0 aromatic carbocycles. The van der Waals surface area contributed by atoms with Crippen LogP contribution in [0.1, 0.15) is 51.1 Å². The first-order valence-corrected chi connectivity index (χ1v) is 7.07. The molecule has 19 heavy (non-hydrogen) atoms. The Morgan fingerprint density at radius 3 is 3.00 bits per heavy atom. The van der Waals surface area contributed by atoms with Crippen LogP contribution in [0.2, 0.25) is 0 Å². The maximum Gasteiger partial charge on any atom is 0.141 e. The lowest BCUT2D eigenvalue weighted by Crippen LogP contribution is -2.47. The van der Waals surface area contributed by atoms with Crippen molar-refractivity contribution in [3.05, 3.63) is 29.8 Å². The van der Waals surface area contributed by atoms with Gasteiger partial charge in [-0.1, -0.05) is 19.8 Å². The first kappa shape index (κ1) is 14.4. The third-order valence-electron chi connectivity index (χ3n) is 4.07. The van der Waals surface area contributed by atoms with Crippen molar-refractivity contribution in [2.24, 2.45) is 11.7 Å². The third-order valence-corrected chi connectivity index (χ3v) is 4.07. The second kappa shape index (κ2) is 5.97. The SMILES string of the molecule is CCOC1(C(N)c2cncc(F)c2)CCCC(C)C1. The predicted octanol–water partition coefficient (Wildman–Crippen LogP) is 3.21. The second-order valence-electron chi connectivity index (χ2n) is 5.61. The van der Waals surface area contributed by atoms with E-state index in [1.807, 2.05) is 6.92 Å². The van der Waals surface area contributed by atoms with E-state index in [9.17, 15) is 4.39 Å². The number of ether oxygens (including phenoxy) is 1. The standard InChI is InChI=1S/C15H23FN2O/c1-3-19-15(6-4-5-11(2)8-15)14(17)12-7-13(16)10-18-9-12/h7,9-11,14H,3-6,8,17H2,1-2H3. The largest absolute Gasteiger partial charge is 0.373 e. The summed E-state index contributed by atoms with van der Waals surface area (Å²) in [6.07, 6.45) is 7.03. The van der Waals surface area contributed by atoms with Gasteiger partial charge in [-0.2, -0.15) is 0 Å². The Balaban J connectivity index is 2.27. The van der Waals surface area contributed by atoms with Crippen molar-refractivity contribution in [3.63, 3.8) is 0 Å². The highest BCUT2D eigenvalue weighted by atomic mass is 19.1. The highest BCUT2D eigenvalue weighted by Crippen LogP contribution is 2.42. The number of halogens is 1. The van der Waals surface area contributed by atoms with E-state index < -0.39 is 0 Å². The molecule has 4 heteroatoms. The summed E-state index contributed by atoms with van der Waals surface area (Å²) in [4.78, 5) is 3.90. The van der Waals surface area contributed by atoms with E-state index in [0.717, 1.165) is 24.8 Å². The van der Waals surface area contributed by atoms with Gasteiger partial charge in [0.25, 0.3) is 0 Å². The van der Waals surface area contributed by atoms with Crippen molar-refractivity contribution in [2.75, 3.05) is 6.61 Å². The summed E-state index contributed by atoms with van der Waals surface area (Å²) in [7, 11) is 0. The van der Waals surface area contributed by atoms with E-state index in [0.29, 0.717) is 12.5 Å². The molecule has 1 aliphatic carbocycles. The van der Waals surface area contributed by atoms with Gasteiger partial charge in [-0.05, 0) is 37.3 Å². The Hall–Kier alpha value is -1.00. The van der Waals surface area contributed by atoms with E-state index in [1.54, 1.807) is 6.20 Å². The highest BCUT2D eigenvalue weighted by molar-refractivity contribution is 5.19. The van der Waals surface area contributed by atoms with Crippen molar-refractivity contribution in [2.45, 2.75) is 51.2 Å². The van der Waals surface area contributed by atoms with Gasteiger partial charge in [-0.3, -0.25) is 4.98 Å². The Bertz CT molecular complexity index is 422. The van der Waals surface area contributed by atoms with Gasteiger partial charge in [0.1, 0.15) is 5.82 Å². The van der Waals surface area contributed by atoms with Crippen molar-refractivity contribution in [1.82, 2.24) is 4.98 Å². The Morgan fingerprint density at radius 2 is 2.37 bits per heavy atom. The molecule has 1 aromatic rings. The van der Waals surface area contributed by atoms with Crippen LogP contribution >= 0.6 is 0 Å². The van der Waals surface area contributed by atoms with Crippen LogP contribution < -0.4 is 5.73 Å². The van der Waals surface area contributed by atoms with Crippen LogP contribution in [0.25, 0.3) is 0 Å². The molecule has 3 nitrogen and oxygen atoms in total. The number of aromatic nitrogens is 1. The molecule has 2 N–H and O–H groups in total. The fraction of sp³-hybridized carbons (Fsp3) is 0.667. The number of hydrogen-bond donors (Lipinski definition) is 1. The molecule has 1 aromatic heterocycles. The van der Waals surface area contributed by atoms with E-state index in [-0.39, 0.29) is 17.5 Å². The molecular formula is C15H23FN2O. The van der Waals surface area contributed by atoms with Crippen molar-refractivity contribution >= 4 is 0 Å². The number of hydrogen-bond acceptors (Lipinski definition) is 3. The van der Waals surface area contributed by atoms with Crippen LogP contribution in [-0.2, 0) is 4.74 Å². The Morgan fingerprint density at radius 1 is 1.58 bits per heavy atom. The number of pyridine rings is 1. The molecule has 1 heterocycles. The Kier molecular flexibility index (Phi) is 4.53. The molecule has 0 aliphatic heterocycles. The third kappa shape index (κ3) is 3.12. The topological polar surface area (TPSA) is 48.1 Å². The molecule has 3 atom stereocenters. The van der Waals surface area contributed by atoms with Gasteiger partial charge < -0.3 is 10.5 Å². The van der Waals surface area contributed by atoms with E-state index in [2.05, 4.69) is 11.9 Å². The van der Waals surface area contributed by atoms with Crippen LogP contribution in [-0.4, -0.2) is 17.2 Å². The lowest BCUT2D eigenvalue weighted by atomic mass is 9.73. The lowest BCUT2D eigenvalue weighted by Gasteiger charge is -2.44. The lowest BCUT2D eigenvalue weighted by molar-refractivity contribution is -0.0939. The van der Waals surface area contributed by atoms with Gasteiger partial charge in [0.2, 0.25) is 0 Å². The molecule has 0 bridgehead atoms. The minimum Gasteiger partial charge on any atom is -0.373 e. The van der Waals surface area contributed by atoms with Crippen molar-refractivity contribution in [3.8, 4) is 0 Å². The summed E-state index contributed by atoms with van der Waals surface area (Å²) in [5.41, 5.74) is 6.74. The van der Waals surface area contributed by atoms with Crippen LogP contribution in [0.4, 0.5) is 4.39 Å². The highest BCUT2D eigenvalue weighted by Gasteiger charge is 2.41.